The van der Waals surface area contributed by atoms with Gasteiger partial charge in [0.1, 0.15) is 6.04 Å². The third-order valence-electron chi connectivity index (χ3n) is 2.30. The Kier molecular flexibility index (Phi) is 2.43. The van der Waals surface area contributed by atoms with E-state index >= 15 is 0 Å². The maximum Gasteiger partial charge on any atom is 0.266 e. The number of ketones is 1. The van der Waals surface area contributed by atoms with Crippen LogP contribution in [0.1, 0.15) is 0 Å². The lowest BCUT2D eigenvalue weighted by atomic mass is 9.92. The number of amides is 1. The normalized spacial score (nSPS) is 31.7. The number of carbonyl (C=O) groups is 2. The average Bonchev–Trinajstić information content (AvgIpc) is 2.24. The van der Waals surface area contributed by atoms with Crippen LogP contribution in [0.5, 0.6) is 0 Å². The second-order valence-corrected chi connectivity index (χ2v) is 3.38. The Hall–Kier alpha value is -1.81. The molecule has 2 atom stereocenters. The predicted octanol–water partition coefficient (Wildman–Crippen LogP) is 0.162. The van der Waals surface area contributed by atoms with E-state index < -0.39 is 17.9 Å². The number of nitrogens with zero attached hydrogens (tertiary/aromatic N) is 1. The van der Waals surface area contributed by atoms with Crippen LogP contribution in [-0.4, -0.2) is 23.4 Å². The van der Waals surface area contributed by atoms with Crippen molar-refractivity contribution in [1.82, 2.24) is 0 Å². The summed E-state index contributed by atoms with van der Waals surface area (Å²) in [7, 11) is 0. The van der Waals surface area contributed by atoms with E-state index in [9.17, 15) is 9.59 Å². The van der Waals surface area contributed by atoms with Crippen molar-refractivity contribution in [3.05, 3.63) is 36.5 Å². The molecular formula is C11H10N2O2. The third-order valence-corrected chi connectivity index (χ3v) is 2.30. The monoisotopic (exact) mass is 202 g/mol. The van der Waals surface area contributed by atoms with Crippen LogP contribution >= 0.6 is 0 Å². The molecule has 0 saturated heterocycles. The van der Waals surface area contributed by atoms with Crippen LogP contribution in [0.25, 0.3) is 0 Å². The number of aliphatic imine (C=N–C) groups is 1. The topological polar surface area (TPSA) is 72.5 Å². The molecule has 2 N–H and O–H groups in total. The summed E-state index contributed by atoms with van der Waals surface area (Å²) in [6.07, 6.45) is 9.62. The molecule has 15 heavy (non-hydrogen) atoms. The summed E-state index contributed by atoms with van der Waals surface area (Å²) in [5.41, 5.74) is 5.96. The van der Waals surface area contributed by atoms with Crippen molar-refractivity contribution >= 4 is 17.4 Å². The first kappa shape index (κ1) is 9.73. The zero-order chi connectivity index (χ0) is 10.8. The van der Waals surface area contributed by atoms with Crippen LogP contribution < -0.4 is 5.73 Å². The van der Waals surface area contributed by atoms with Crippen LogP contribution in [0, 0.1) is 5.92 Å². The minimum absolute atomic E-state index is 0.0997. The molecule has 2 rings (SSSR count). The summed E-state index contributed by atoms with van der Waals surface area (Å²) in [4.78, 5) is 26.9. The fraction of sp³-hybridized carbons (Fsp3) is 0.182. The van der Waals surface area contributed by atoms with Gasteiger partial charge in [-0.1, -0.05) is 24.3 Å². The predicted molar refractivity (Wildman–Crippen MR) is 56.3 cm³/mol. The first-order valence-corrected chi connectivity index (χ1v) is 4.63. The largest absolute Gasteiger partial charge is 0.317 e. The summed E-state index contributed by atoms with van der Waals surface area (Å²) >= 11 is 0. The van der Waals surface area contributed by atoms with E-state index in [-0.39, 0.29) is 5.78 Å². The van der Waals surface area contributed by atoms with E-state index in [2.05, 4.69) is 4.99 Å². The van der Waals surface area contributed by atoms with E-state index in [0.29, 0.717) is 5.71 Å². The second-order valence-electron chi connectivity index (χ2n) is 3.38. The van der Waals surface area contributed by atoms with Gasteiger partial charge < -0.3 is 5.73 Å². The molecule has 0 fully saturated rings. The smallest absolute Gasteiger partial charge is 0.266 e. The van der Waals surface area contributed by atoms with E-state index in [1.807, 2.05) is 0 Å². The molecule has 4 nitrogen and oxygen atoms in total. The Bertz CT molecular complexity index is 430. The van der Waals surface area contributed by atoms with Gasteiger partial charge in [0.05, 0.1) is 11.6 Å². The van der Waals surface area contributed by atoms with E-state index in [4.69, 9.17) is 5.73 Å². The quantitative estimate of drug-likeness (QED) is 0.608. The average molecular weight is 202 g/mol. The Morgan fingerprint density at radius 3 is 2.73 bits per heavy atom. The van der Waals surface area contributed by atoms with Crippen molar-refractivity contribution < 1.29 is 9.59 Å². The Morgan fingerprint density at radius 2 is 1.93 bits per heavy atom. The number of hydrogen-bond donors (Lipinski definition) is 1. The van der Waals surface area contributed by atoms with Gasteiger partial charge in [-0.15, -0.1) is 0 Å². The molecule has 1 aliphatic heterocycles. The minimum Gasteiger partial charge on any atom is -0.317 e. The maximum atomic E-state index is 11.6. The van der Waals surface area contributed by atoms with Crippen LogP contribution in [0.4, 0.5) is 0 Å². The third kappa shape index (κ3) is 1.85. The molecular weight excluding hydrogens is 192 g/mol. The minimum atomic E-state index is -0.818. The molecule has 0 aromatic heterocycles. The highest BCUT2D eigenvalue weighted by atomic mass is 16.1. The fourth-order valence-corrected chi connectivity index (χ4v) is 1.47. The molecule has 0 radical (unpaired) electrons. The Labute approximate surface area is 86.9 Å². The summed E-state index contributed by atoms with van der Waals surface area (Å²) in [6, 6.07) is -0.818. The highest BCUT2D eigenvalue weighted by Crippen LogP contribution is 2.14. The molecule has 0 aromatic rings. The van der Waals surface area contributed by atoms with Gasteiger partial charge in [0.25, 0.3) is 5.91 Å². The highest BCUT2D eigenvalue weighted by molar-refractivity contribution is 6.19. The summed E-state index contributed by atoms with van der Waals surface area (Å²) in [5.74, 6) is -0.960. The van der Waals surface area contributed by atoms with E-state index in [1.165, 1.54) is 12.2 Å². The first-order valence-electron chi connectivity index (χ1n) is 4.63. The number of rotatable bonds is 0. The van der Waals surface area contributed by atoms with Gasteiger partial charge in [0.2, 0.25) is 0 Å². The van der Waals surface area contributed by atoms with Crippen LogP contribution in [0.3, 0.4) is 0 Å². The summed E-state index contributed by atoms with van der Waals surface area (Å²) < 4.78 is 0. The number of hydrogen-bond acceptors (Lipinski definition) is 3. The van der Waals surface area contributed by atoms with Gasteiger partial charge in [-0.25, -0.2) is 4.99 Å². The zero-order valence-corrected chi connectivity index (χ0v) is 7.96. The van der Waals surface area contributed by atoms with Crippen LogP contribution in [-0.2, 0) is 9.59 Å². The number of fused-ring (bicyclic) bond motifs is 1. The summed E-state index contributed by atoms with van der Waals surface area (Å²) in [5, 5.41) is 0. The molecule has 0 spiro atoms. The van der Waals surface area contributed by atoms with Crippen molar-refractivity contribution in [3.8, 4) is 0 Å². The molecule has 4 heteroatoms. The van der Waals surface area contributed by atoms with Crippen LogP contribution in [0.2, 0.25) is 0 Å². The molecule has 0 saturated carbocycles. The standard InChI is InChI=1S/C11H10N2O2/c12-8-5-6-10(14)7-3-1-2-4-9(7)13-11(8)15/h1-8H,12H2/b6-5-,13-9?. The molecule has 0 aromatic carbocycles. The second kappa shape index (κ2) is 3.74. The van der Waals surface area contributed by atoms with Crippen molar-refractivity contribution in [2.45, 2.75) is 6.04 Å². The molecule has 76 valence electrons. The van der Waals surface area contributed by atoms with Crippen molar-refractivity contribution in [1.29, 1.82) is 0 Å². The van der Waals surface area contributed by atoms with Crippen molar-refractivity contribution in [2.24, 2.45) is 16.6 Å². The molecule has 2 unspecified atom stereocenters. The number of nitrogens with two attached hydrogens (primary N) is 1. The molecule has 0 bridgehead atoms. The van der Waals surface area contributed by atoms with E-state index in [1.54, 1.807) is 24.3 Å². The number of carbonyl (C=O) groups excluding carboxylic acids is 2. The van der Waals surface area contributed by atoms with Gasteiger partial charge in [-0.3, -0.25) is 9.59 Å². The SMILES string of the molecule is NC1/C=C\C(=O)C2C=CC=CC2=NC1=O. The summed E-state index contributed by atoms with van der Waals surface area (Å²) in [6.45, 7) is 0. The lowest BCUT2D eigenvalue weighted by Gasteiger charge is -2.15. The Balaban J connectivity index is 2.43. The number of allylic oxidation sites excluding steroid dienone is 5. The van der Waals surface area contributed by atoms with Gasteiger partial charge >= 0.3 is 0 Å². The van der Waals surface area contributed by atoms with E-state index in [0.717, 1.165) is 0 Å². The first-order chi connectivity index (χ1) is 7.18. The molecule has 2 aliphatic rings. The lowest BCUT2D eigenvalue weighted by Crippen LogP contribution is -2.32. The molecule has 1 aliphatic carbocycles. The Morgan fingerprint density at radius 1 is 1.13 bits per heavy atom. The van der Waals surface area contributed by atoms with Gasteiger partial charge in [-0.2, -0.15) is 0 Å². The lowest BCUT2D eigenvalue weighted by molar-refractivity contribution is -0.118. The fourth-order valence-electron chi connectivity index (χ4n) is 1.47. The van der Waals surface area contributed by atoms with Gasteiger partial charge in [0.15, 0.2) is 5.78 Å². The highest BCUT2D eigenvalue weighted by Gasteiger charge is 2.24. The van der Waals surface area contributed by atoms with Gasteiger partial charge in [0, 0.05) is 0 Å². The van der Waals surface area contributed by atoms with Crippen LogP contribution in [0.15, 0.2) is 41.4 Å². The molecule has 1 heterocycles. The molecule has 1 amide bonds. The van der Waals surface area contributed by atoms with Crippen molar-refractivity contribution in [2.75, 3.05) is 0 Å². The van der Waals surface area contributed by atoms with Gasteiger partial charge in [-0.05, 0) is 12.2 Å². The zero-order valence-electron chi connectivity index (χ0n) is 7.96. The maximum absolute atomic E-state index is 11.6. The van der Waals surface area contributed by atoms with Crippen molar-refractivity contribution in [3.63, 3.8) is 0 Å².